The van der Waals surface area contributed by atoms with E-state index >= 15 is 0 Å². The van der Waals surface area contributed by atoms with E-state index in [2.05, 4.69) is 36.7 Å². The van der Waals surface area contributed by atoms with E-state index < -0.39 is 0 Å². The summed E-state index contributed by atoms with van der Waals surface area (Å²) in [4.78, 5) is 11.8. The minimum absolute atomic E-state index is 0.0807. The zero-order valence-electron chi connectivity index (χ0n) is 12.2. The largest absolute Gasteiger partial charge is 0.355 e. The number of amides is 1. The molecule has 4 heteroatoms. The summed E-state index contributed by atoms with van der Waals surface area (Å²) in [6.07, 6.45) is 4.96. The first-order chi connectivity index (χ1) is 8.93. The van der Waals surface area contributed by atoms with Crippen LogP contribution in [0.2, 0.25) is 0 Å². The van der Waals surface area contributed by atoms with E-state index in [0.29, 0.717) is 6.54 Å². The van der Waals surface area contributed by atoms with Gasteiger partial charge < -0.3 is 15.6 Å². The summed E-state index contributed by atoms with van der Waals surface area (Å²) in [5.41, 5.74) is 8.89. The number of hydrogen-bond donors (Lipinski definition) is 2. The maximum atomic E-state index is 11.8. The Morgan fingerprint density at radius 1 is 1.58 bits per heavy atom. The number of carbonyl (C=O) groups excluding carboxylic acids is 1. The van der Waals surface area contributed by atoms with Crippen LogP contribution < -0.4 is 11.1 Å². The van der Waals surface area contributed by atoms with E-state index in [-0.39, 0.29) is 17.4 Å². The first-order valence-electron chi connectivity index (χ1n) is 7.13. The SMILES string of the molecule is CCCNC(=O)Cn1ccc2c1CC(C)(C)CC2N. The van der Waals surface area contributed by atoms with Crippen molar-refractivity contribution in [3.05, 3.63) is 23.5 Å². The standard InChI is InChI=1S/C15H25N3O/c1-4-6-17-14(19)10-18-7-5-11-12(16)8-15(2,3)9-13(11)18/h5,7,12H,4,6,8-10,16H2,1-3H3,(H,17,19). The molecule has 1 aliphatic carbocycles. The van der Waals surface area contributed by atoms with Crippen molar-refractivity contribution in [1.82, 2.24) is 9.88 Å². The molecule has 1 aromatic heterocycles. The van der Waals surface area contributed by atoms with Crippen molar-refractivity contribution in [3.8, 4) is 0 Å². The van der Waals surface area contributed by atoms with Gasteiger partial charge in [0, 0.05) is 24.5 Å². The van der Waals surface area contributed by atoms with Crippen molar-refractivity contribution in [2.45, 2.75) is 52.6 Å². The van der Waals surface area contributed by atoms with E-state index in [1.165, 1.54) is 11.3 Å². The Hall–Kier alpha value is -1.29. The van der Waals surface area contributed by atoms with Crippen LogP contribution in [0.3, 0.4) is 0 Å². The van der Waals surface area contributed by atoms with Gasteiger partial charge in [-0.1, -0.05) is 20.8 Å². The number of hydrogen-bond acceptors (Lipinski definition) is 2. The molecule has 1 aromatic rings. The number of aromatic nitrogens is 1. The molecule has 0 spiro atoms. The van der Waals surface area contributed by atoms with Gasteiger partial charge in [0.1, 0.15) is 6.54 Å². The molecule has 106 valence electrons. The first-order valence-corrected chi connectivity index (χ1v) is 7.13. The predicted octanol–water partition coefficient (Wildman–Crippen LogP) is 1.99. The molecule has 0 aromatic carbocycles. The molecular formula is C15H25N3O. The second kappa shape index (κ2) is 5.37. The summed E-state index contributed by atoms with van der Waals surface area (Å²) >= 11 is 0. The van der Waals surface area contributed by atoms with E-state index in [0.717, 1.165) is 25.8 Å². The Labute approximate surface area is 115 Å². The fourth-order valence-corrected chi connectivity index (χ4v) is 2.92. The topological polar surface area (TPSA) is 60.0 Å². The highest BCUT2D eigenvalue weighted by molar-refractivity contribution is 5.75. The second-order valence-corrected chi connectivity index (χ2v) is 6.35. The summed E-state index contributed by atoms with van der Waals surface area (Å²) in [7, 11) is 0. The quantitative estimate of drug-likeness (QED) is 0.872. The summed E-state index contributed by atoms with van der Waals surface area (Å²) in [5.74, 6) is 0.0807. The maximum Gasteiger partial charge on any atom is 0.239 e. The number of carbonyl (C=O) groups is 1. The Morgan fingerprint density at radius 3 is 3.00 bits per heavy atom. The molecular weight excluding hydrogens is 238 g/mol. The molecule has 19 heavy (non-hydrogen) atoms. The van der Waals surface area contributed by atoms with Gasteiger partial charge in [-0.3, -0.25) is 4.79 Å². The lowest BCUT2D eigenvalue weighted by molar-refractivity contribution is -0.121. The fraction of sp³-hybridized carbons (Fsp3) is 0.667. The maximum absolute atomic E-state index is 11.8. The Balaban J connectivity index is 2.14. The summed E-state index contributed by atoms with van der Waals surface area (Å²) in [5, 5.41) is 2.92. The summed E-state index contributed by atoms with van der Waals surface area (Å²) in [6.45, 7) is 7.68. The molecule has 2 rings (SSSR count). The number of fused-ring (bicyclic) bond motifs is 1. The number of nitrogens with two attached hydrogens (primary N) is 1. The minimum atomic E-state index is 0.0807. The fourth-order valence-electron chi connectivity index (χ4n) is 2.92. The van der Waals surface area contributed by atoms with Crippen LogP contribution in [0.1, 0.15) is 50.9 Å². The monoisotopic (exact) mass is 263 g/mol. The van der Waals surface area contributed by atoms with Gasteiger partial charge in [-0.25, -0.2) is 0 Å². The molecule has 0 radical (unpaired) electrons. The van der Waals surface area contributed by atoms with E-state index in [1.54, 1.807) is 0 Å². The van der Waals surface area contributed by atoms with Gasteiger partial charge in [0.05, 0.1) is 0 Å². The molecule has 1 unspecified atom stereocenters. The van der Waals surface area contributed by atoms with Crippen LogP contribution in [-0.4, -0.2) is 17.0 Å². The van der Waals surface area contributed by atoms with E-state index in [4.69, 9.17) is 5.73 Å². The molecule has 0 saturated heterocycles. The lowest BCUT2D eigenvalue weighted by atomic mass is 9.74. The normalized spacial score (nSPS) is 20.9. The van der Waals surface area contributed by atoms with Crippen molar-refractivity contribution in [3.63, 3.8) is 0 Å². The van der Waals surface area contributed by atoms with Crippen LogP contribution in [0.25, 0.3) is 0 Å². The smallest absolute Gasteiger partial charge is 0.239 e. The lowest BCUT2D eigenvalue weighted by Gasteiger charge is -2.34. The Kier molecular flexibility index (Phi) is 3.99. The van der Waals surface area contributed by atoms with Gasteiger partial charge in [0.15, 0.2) is 0 Å². The zero-order chi connectivity index (χ0) is 14.0. The van der Waals surface area contributed by atoms with Crippen molar-refractivity contribution in [2.24, 2.45) is 11.1 Å². The highest BCUT2D eigenvalue weighted by Crippen LogP contribution is 2.39. The molecule has 1 heterocycles. The van der Waals surface area contributed by atoms with Gasteiger partial charge in [0.25, 0.3) is 0 Å². The van der Waals surface area contributed by atoms with Crippen molar-refractivity contribution in [2.75, 3.05) is 6.54 Å². The van der Waals surface area contributed by atoms with Gasteiger partial charge >= 0.3 is 0 Å². The minimum Gasteiger partial charge on any atom is -0.355 e. The molecule has 0 bridgehead atoms. The molecule has 1 aliphatic rings. The highest BCUT2D eigenvalue weighted by Gasteiger charge is 2.32. The third-order valence-corrected chi connectivity index (χ3v) is 3.82. The Morgan fingerprint density at radius 2 is 2.32 bits per heavy atom. The van der Waals surface area contributed by atoms with Gasteiger partial charge in [-0.15, -0.1) is 0 Å². The van der Waals surface area contributed by atoms with Crippen LogP contribution in [0.4, 0.5) is 0 Å². The molecule has 4 nitrogen and oxygen atoms in total. The molecule has 1 atom stereocenters. The zero-order valence-corrected chi connectivity index (χ0v) is 12.2. The summed E-state index contributed by atoms with van der Waals surface area (Å²) in [6, 6.07) is 2.17. The number of nitrogens with zero attached hydrogens (tertiary/aromatic N) is 1. The van der Waals surface area contributed by atoms with Crippen LogP contribution in [0, 0.1) is 5.41 Å². The summed E-state index contributed by atoms with van der Waals surface area (Å²) < 4.78 is 2.06. The third kappa shape index (κ3) is 3.18. The van der Waals surface area contributed by atoms with E-state index in [1.807, 2.05) is 6.20 Å². The molecule has 0 fully saturated rings. The average Bonchev–Trinajstić information content (AvgIpc) is 2.68. The molecule has 0 saturated carbocycles. The van der Waals surface area contributed by atoms with Crippen LogP contribution >= 0.6 is 0 Å². The van der Waals surface area contributed by atoms with Crippen molar-refractivity contribution < 1.29 is 4.79 Å². The Bertz CT molecular complexity index is 462. The van der Waals surface area contributed by atoms with Crippen molar-refractivity contribution in [1.29, 1.82) is 0 Å². The molecule has 0 aliphatic heterocycles. The van der Waals surface area contributed by atoms with Crippen LogP contribution in [-0.2, 0) is 17.8 Å². The highest BCUT2D eigenvalue weighted by atomic mass is 16.1. The van der Waals surface area contributed by atoms with Gasteiger partial charge in [-0.05, 0) is 36.3 Å². The predicted molar refractivity (Wildman–Crippen MR) is 76.8 cm³/mol. The third-order valence-electron chi connectivity index (χ3n) is 3.82. The van der Waals surface area contributed by atoms with Crippen LogP contribution in [0.5, 0.6) is 0 Å². The van der Waals surface area contributed by atoms with Gasteiger partial charge in [0.2, 0.25) is 5.91 Å². The van der Waals surface area contributed by atoms with Crippen molar-refractivity contribution >= 4 is 5.91 Å². The number of nitrogens with one attached hydrogen (secondary N) is 1. The average molecular weight is 263 g/mol. The molecule has 1 amide bonds. The first kappa shape index (κ1) is 14.1. The number of rotatable bonds is 4. The van der Waals surface area contributed by atoms with E-state index in [9.17, 15) is 4.79 Å². The van der Waals surface area contributed by atoms with Gasteiger partial charge in [-0.2, -0.15) is 0 Å². The lowest BCUT2D eigenvalue weighted by Crippen LogP contribution is -2.33. The van der Waals surface area contributed by atoms with Crippen LogP contribution in [0.15, 0.2) is 12.3 Å². The molecule has 3 N–H and O–H groups in total. The second-order valence-electron chi connectivity index (χ2n) is 6.35.